The average molecular weight is 300 g/mol. The molecule has 0 radical (unpaired) electrons. The molecule has 5 heteroatoms. The summed E-state index contributed by atoms with van der Waals surface area (Å²) in [4.78, 5) is 1.52. The lowest BCUT2D eigenvalue weighted by Gasteiger charge is -2.39. The van der Waals surface area contributed by atoms with Gasteiger partial charge < -0.3 is 5.32 Å². The molecular formula is C16H23F3N2. The van der Waals surface area contributed by atoms with Crippen LogP contribution in [0.25, 0.3) is 0 Å². The lowest BCUT2D eigenvalue weighted by atomic mass is 9.89. The zero-order valence-electron chi connectivity index (χ0n) is 12.5. The standard InChI is InChI=1S/C16H23F3N2/c1-20-13-8-10-14(11-9-13)21(2)15(16(17,18)19)12-6-4-3-5-7-12/h3-7,13-15,20H,8-11H2,1-2H3. The molecule has 1 aliphatic carbocycles. The van der Waals surface area contributed by atoms with Crippen molar-refractivity contribution in [3.8, 4) is 0 Å². The van der Waals surface area contributed by atoms with E-state index in [1.807, 2.05) is 7.05 Å². The van der Waals surface area contributed by atoms with E-state index < -0.39 is 12.2 Å². The van der Waals surface area contributed by atoms with Crippen LogP contribution in [0, 0.1) is 0 Å². The number of halogens is 3. The van der Waals surface area contributed by atoms with Gasteiger partial charge in [0.25, 0.3) is 0 Å². The predicted octanol–water partition coefficient (Wildman–Crippen LogP) is 3.75. The fourth-order valence-electron chi connectivity index (χ4n) is 3.27. The Balaban J connectivity index is 2.14. The first kappa shape index (κ1) is 16.3. The van der Waals surface area contributed by atoms with Crippen LogP contribution in [0.3, 0.4) is 0 Å². The van der Waals surface area contributed by atoms with E-state index in [-0.39, 0.29) is 6.04 Å². The van der Waals surface area contributed by atoms with Crippen molar-refractivity contribution in [2.24, 2.45) is 0 Å². The van der Waals surface area contributed by atoms with Gasteiger partial charge in [-0.15, -0.1) is 0 Å². The maximum absolute atomic E-state index is 13.5. The van der Waals surface area contributed by atoms with Gasteiger partial charge in [-0.1, -0.05) is 30.3 Å². The molecule has 1 atom stereocenters. The van der Waals surface area contributed by atoms with Crippen LogP contribution >= 0.6 is 0 Å². The summed E-state index contributed by atoms with van der Waals surface area (Å²) in [7, 11) is 3.52. The Bertz CT molecular complexity index is 425. The average Bonchev–Trinajstić information content (AvgIpc) is 2.47. The highest BCUT2D eigenvalue weighted by atomic mass is 19.4. The predicted molar refractivity (Wildman–Crippen MR) is 78.1 cm³/mol. The van der Waals surface area contributed by atoms with E-state index >= 15 is 0 Å². The molecule has 0 bridgehead atoms. The highest BCUT2D eigenvalue weighted by molar-refractivity contribution is 5.20. The SMILES string of the molecule is CNC1CCC(N(C)C(c2ccccc2)C(F)(F)F)CC1. The molecule has 1 unspecified atom stereocenters. The first-order chi connectivity index (χ1) is 9.93. The highest BCUT2D eigenvalue weighted by Crippen LogP contribution is 2.39. The molecule has 0 aliphatic heterocycles. The van der Waals surface area contributed by atoms with Gasteiger partial charge in [0.2, 0.25) is 0 Å². The van der Waals surface area contributed by atoms with Crippen LogP contribution in [0.4, 0.5) is 13.2 Å². The number of alkyl halides is 3. The van der Waals surface area contributed by atoms with Gasteiger partial charge in [-0.25, -0.2) is 0 Å². The van der Waals surface area contributed by atoms with Gasteiger partial charge in [-0.05, 0) is 45.3 Å². The Morgan fingerprint density at radius 1 is 1.10 bits per heavy atom. The minimum atomic E-state index is -4.25. The van der Waals surface area contributed by atoms with Crippen LogP contribution in [-0.4, -0.2) is 37.3 Å². The summed E-state index contributed by atoms with van der Waals surface area (Å²) in [5.74, 6) is 0. The second kappa shape index (κ2) is 6.79. The molecule has 118 valence electrons. The Kier molecular flexibility index (Phi) is 5.27. The molecule has 0 aromatic heterocycles. The summed E-state index contributed by atoms with van der Waals surface area (Å²) in [6.45, 7) is 0. The Morgan fingerprint density at radius 2 is 1.67 bits per heavy atom. The molecule has 1 aliphatic rings. The molecule has 1 fully saturated rings. The Hall–Kier alpha value is -1.07. The van der Waals surface area contributed by atoms with Crippen molar-refractivity contribution in [2.45, 2.75) is 50.0 Å². The van der Waals surface area contributed by atoms with Crippen LogP contribution in [0.2, 0.25) is 0 Å². The third-order valence-corrected chi connectivity index (χ3v) is 4.51. The number of hydrogen-bond acceptors (Lipinski definition) is 2. The minimum absolute atomic E-state index is 0.0126. The monoisotopic (exact) mass is 300 g/mol. The molecule has 0 spiro atoms. The van der Waals surface area contributed by atoms with Gasteiger partial charge in [0.1, 0.15) is 6.04 Å². The molecule has 1 N–H and O–H groups in total. The molecule has 0 heterocycles. The van der Waals surface area contributed by atoms with Crippen LogP contribution in [-0.2, 0) is 0 Å². The Labute approximate surface area is 124 Å². The van der Waals surface area contributed by atoms with Crippen molar-refractivity contribution in [2.75, 3.05) is 14.1 Å². The first-order valence-corrected chi connectivity index (χ1v) is 7.44. The maximum Gasteiger partial charge on any atom is 0.408 e. The Morgan fingerprint density at radius 3 is 2.14 bits per heavy atom. The van der Waals surface area contributed by atoms with Gasteiger partial charge in [0, 0.05) is 12.1 Å². The first-order valence-electron chi connectivity index (χ1n) is 7.44. The molecule has 21 heavy (non-hydrogen) atoms. The van der Waals surface area contributed by atoms with Crippen molar-refractivity contribution < 1.29 is 13.2 Å². The maximum atomic E-state index is 13.5. The van der Waals surface area contributed by atoms with E-state index in [0.717, 1.165) is 25.7 Å². The normalized spacial score (nSPS) is 25.0. The van der Waals surface area contributed by atoms with Crippen LogP contribution in [0.5, 0.6) is 0 Å². The number of nitrogens with zero attached hydrogens (tertiary/aromatic N) is 1. The fourth-order valence-corrected chi connectivity index (χ4v) is 3.27. The summed E-state index contributed by atoms with van der Waals surface area (Å²) in [5.41, 5.74) is 0.322. The summed E-state index contributed by atoms with van der Waals surface area (Å²) in [6, 6.07) is 7.11. The van der Waals surface area contributed by atoms with Crippen LogP contribution in [0.1, 0.15) is 37.3 Å². The van der Waals surface area contributed by atoms with E-state index in [1.54, 1.807) is 37.4 Å². The molecule has 2 nitrogen and oxygen atoms in total. The molecule has 1 saturated carbocycles. The molecular weight excluding hydrogens is 277 g/mol. The molecule has 0 amide bonds. The van der Waals surface area contributed by atoms with Gasteiger partial charge in [-0.2, -0.15) is 13.2 Å². The number of nitrogens with one attached hydrogen (secondary N) is 1. The second-order valence-corrected chi connectivity index (χ2v) is 5.81. The fraction of sp³-hybridized carbons (Fsp3) is 0.625. The van der Waals surface area contributed by atoms with E-state index in [4.69, 9.17) is 0 Å². The minimum Gasteiger partial charge on any atom is -0.317 e. The lowest BCUT2D eigenvalue weighted by molar-refractivity contribution is -0.190. The molecule has 1 aromatic rings. The van der Waals surface area contributed by atoms with Crippen LogP contribution in [0.15, 0.2) is 30.3 Å². The van der Waals surface area contributed by atoms with Crippen molar-refractivity contribution in [3.05, 3.63) is 35.9 Å². The quantitative estimate of drug-likeness (QED) is 0.911. The van der Waals surface area contributed by atoms with Gasteiger partial charge in [0.05, 0.1) is 0 Å². The van der Waals surface area contributed by atoms with Crippen molar-refractivity contribution in [1.82, 2.24) is 10.2 Å². The van der Waals surface area contributed by atoms with Gasteiger partial charge in [0.15, 0.2) is 0 Å². The largest absolute Gasteiger partial charge is 0.408 e. The summed E-state index contributed by atoms with van der Waals surface area (Å²) in [5, 5.41) is 3.21. The summed E-state index contributed by atoms with van der Waals surface area (Å²) < 4.78 is 40.5. The van der Waals surface area contributed by atoms with E-state index in [2.05, 4.69) is 5.32 Å². The molecule has 0 saturated heterocycles. The third kappa shape index (κ3) is 3.98. The molecule has 1 aromatic carbocycles. The second-order valence-electron chi connectivity index (χ2n) is 5.81. The van der Waals surface area contributed by atoms with E-state index in [1.165, 1.54) is 4.90 Å². The third-order valence-electron chi connectivity index (χ3n) is 4.51. The van der Waals surface area contributed by atoms with Crippen molar-refractivity contribution in [1.29, 1.82) is 0 Å². The van der Waals surface area contributed by atoms with E-state index in [0.29, 0.717) is 11.6 Å². The zero-order chi connectivity index (χ0) is 15.5. The van der Waals surface area contributed by atoms with E-state index in [9.17, 15) is 13.2 Å². The number of hydrogen-bond donors (Lipinski definition) is 1. The summed E-state index contributed by atoms with van der Waals surface area (Å²) in [6.07, 6.45) is -0.769. The highest BCUT2D eigenvalue weighted by Gasteiger charge is 2.45. The van der Waals surface area contributed by atoms with Gasteiger partial charge >= 0.3 is 6.18 Å². The zero-order valence-corrected chi connectivity index (χ0v) is 12.5. The van der Waals surface area contributed by atoms with Gasteiger partial charge in [-0.3, -0.25) is 4.90 Å². The summed E-state index contributed by atoms with van der Waals surface area (Å²) >= 11 is 0. The number of rotatable bonds is 4. The smallest absolute Gasteiger partial charge is 0.317 e. The van der Waals surface area contributed by atoms with Crippen molar-refractivity contribution in [3.63, 3.8) is 0 Å². The lowest BCUT2D eigenvalue weighted by Crippen LogP contribution is -2.45. The topological polar surface area (TPSA) is 15.3 Å². The molecule has 2 rings (SSSR count). The van der Waals surface area contributed by atoms with Crippen molar-refractivity contribution >= 4 is 0 Å². The number of benzene rings is 1. The van der Waals surface area contributed by atoms with Crippen LogP contribution < -0.4 is 5.32 Å².